The summed E-state index contributed by atoms with van der Waals surface area (Å²) in [4.78, 5) is 0.0531. The van der Waals surface area contributed by atoms with Gasteiger partial charge in [0.25, 0.3) is 0 Å². The van der Waals surface area contributed by atoms with E-state index in [1.807, 2.05) is 0 Å². The Labute approximate surface area is 129 Å². The highest BCUT2D eigenvalue weighted by Gasteiger charge is 2.24. The number of hydrogen-bond donors (Lipinski definition) is 2. The van der Waals surface area contributed by atoms with Crippen molar-refractivity contribution in [1.82, 2.24) is 9.88 Å². The van der Waals surface area contributed by atoms with E-state index in [0.29, 0.717) is 22.8 Å². The molecular weight excluding hydrogens is 308 g/mol. The van der Waals surface area contributed by atoms with Crippen LogP contribution in [0, 0.1) is 27.7 Å². The summed E-state index contributed by atoms with van der Waals surface area (Å²) in [6.45, 7) is 6.76. The lowest BCUT2D eigenvalue weighted by molar-refractivity contribution is 0.167. The van der Waals surface area contributed by atoms with Crippen LogP contribution in [0.5, 0.6) is 0 Å². The third kappa shape index (κ3) is 3.40. The molecule has 0 aliphatic carbocycles. The normalized spacial score (nSPS) is 13.5. The summed E-state index contributed by atoms with van der Waals surface area (Å²) in [5.74, 6) is 1.59. The van der Waals surface area contributed by atoms with Crippen LogP contribution in [0.3, 0.4) is 0 Å². The summed E-state index contributed by atoms with van der Waals surface area (Å²) in [7, 11) is -3.70. The van der Waals surface area contributed by atoms with Crippen molar-refractivity contribution in [3.8, 4) is 0 Å². The fourth-order valence-corrected chi connectivity index (χ4v) is 3.77. The quantitative estimate of drug-likeness (QED) is 0.839. The molecule has 2 aromatic heterocycles. The van der Waals surface area contributed by atoms with Crippen molar-refractivity contribution < 1.29 is 22.5 Å². The second kappa shape index (κ2) is 6.23. The maximum absolute atomic E-state index is 12.2. The van der Waals surface area contributed by atoms with Gasteiger partial charge in [0.1, 0.15) is 22.1 Å². The van der Waals surface area contributed by atoms with E-state index >= 15 is 0 Å². The minimum absolute atomic E-state index is 0.0531. The standard InChI is InChI=1S/C14H20N2O5S/c1-8-7-12(10(3)20-8)13(17)5-6-15-22(18,19)14-9(2)16-21-11(14)4/h7,13,15,17H,5-6H2,1-4H3. The van der Waals surface area contributed by atoms with Gasteiger partial charge < -0.3 is 14.0 Å². The van der Waals surface area contributed by atoms with Crippen molar-refractivity contribution in [2.75, 3.05) is 6.54 Å². The maximum Gasteiger partial charge on any atom is 0.245 e. The third-order valence-electron chi connectivity index (χ3n) is 3.38. The minimum Gasteiger partial charge on any atom is -0.466 e. The Morgan fingerprint density at radius 3 is 2.45 bits per heavy atom. The molecular formula is C14H20N2O5S. The summed E-state index contributed by atoms with van der Waals surface area (Å²) in [6.07, 6.45) is -0.549. The first-order valence-electron chi connectivity index (χ1n) is 6.90. The Morgan fingerprint density at radius 2 is 1.95 bits per heavy atom. The Bertz CT molecular complexity index is 741. The van der Waals surface area contributed by atoms with E-state index in [9.17, 15) is 13.5 Å². The van der Waals surface area contributed by atoms with E-state index in [4.69, 9.17) is 8.94 Å². The summed E-state index contributed by atoms with van der Waals surface area (Å²) < 4.78 is 37.1. The molecule has 7 nitrogen and oxygen atoms in total. The first-order chi connectivity index (χ1) is 10.2. The molecule has 8 heteroatoms. The molecule has 2 rings (SSSR count). The first-order valence-corrected chi connectivity index (χ1v) is 8.38. The van der Waals surface area contributed by atoms with Gasteiger partial charge in [0.2, 0.25) is 10.0 Å². The molecule has 0 aliphatic rings. The summed E-state index contributed by atoms with van der Waals surface area (Å²) in [5, 5.41) is 13.8. The average Bonchev–Trinajstić information content (AvgIpc) is 2.91. The molecule has 1 unspecified atom stereocenters. The first kappa shape index (κ1) is 16.7. The highest BCUT2D eigenvalue weighted by atomic mass is 32.2. The van der Waals surface area contributed by atoms with E-state index in [1.165, 1.54) is 0 Å². The zero-order valence-electron chi connectivity index (χ0n) is 13.0. The van der Waals surface area contributed by atoms with Gasteiger partial charge in [0, 0.05) is 12.1 Å². The molecule has 1 atom stereocenters. The fraction of sp³-hybridized carbons (Fsp3) is 0.500. The van der Waals surface area contributed by atoms with Crippen LogP contribution in [0.15, 0.2) is 19.9 Å². The number of aromatic nitrogens is 1. The van der Waals surface area contributed by atoms with Crippen LogP contribution in [-0.2, 0) is 10.0 Å². The largest absolute Gasteiger partial charge is 0.466 e. The molecule has 2 heterocycles. The molecule has 0 saturated heterocycles. The van der Waals surface area contributed by atoms with E-state index in [-0.39, 0.29) is 23.6 Å². The van der Waals surface area contributed by atoms with Crippen LogP contribution < -0.4 is 4.72 Å². The molecule has 0 bridgehead atoms. The van der Waals surface area contributed by atoms with Gasteiger partial charge in [0.05, 0.1) is 6.10 Å². The van der Waals surface area contributed by atoms with E-state index in [1.54, 1.807) is 33.8 Å². The van der Waals surface area contributed by atoms with Crippen LogP contribution >= 0.6 is 0 Å². The van der Waals surface area contributed by atoms with Crippen molar-refractivity contribution in [2.24, 2.45) is 0 Å². The van der Waals surface area contributed by atoms with Crippen molar-refractivity contribution in [3.63, 3.8) is 0 Å². The van der Waals surface area contributed by atoms with Crippen LogP contribution in [0.1, 0.15) is 41.1 Å². The number of aryl methyl sites for hydroxylation is 4. The monoisotopic (exact) mass is 328 g/mol. The van der Waals surface area contributed by atoms with E-state index < -0.39 is 16.1 Å². The third-order valence-corrected chi connectivity index (χ3v) is 5.09. The molecule has 2 aromatic rings. The second-order valence-corrected chi connectivity index (χ2v) is 6.93. The number of hydrogen-bond acceptors (Lipinski definition) is 6. The van der Waals surface area contributed by atoms with Crippen LogP contribution in [0.25, 0.3) is 0 Å². The van der Waals surface area contributed by atoms with E-state index in [0.717, 1.165) is 0 Å². The number of aliphatic hydroxyl groups is 1. The van der Waals surface area contributed by atoms with Gasteiger partial charge in [-0.15, -0.1) is 0 Å². The molecule has 122 valence electrons. The highest BCUT2D eigenvalue weighted by molar-refractivity contribution is 7.89. The summed E-state index contributed by atoms with van der Waals surface area (Å²) in [5.41, 5.74) is 0.987. The molecule has 0 aromatic carbocycles. The van der Waals surface area contributed by atoms with Gasteiger partial charge >= 0.3 is 0 Å². The molecule has 0 aliphatic heterocycles. The topological polar surface area (TPSA) is 106 Å². The highest BCUT2D eigenvalue weighted by Crippen LogP contribution is 2.24. The van der Waals surface area contributed by atoms with Gasteiger partial charge in [-0.1, -0.05) is 5.16 Å². The maximum atomic E-state index is 12.2. The number of aliphatic hydroxyl groups excluding tert-OH is 1. The number of rotatable bonds is 6. The lowest BCUT2D eigenvalue weighted by Gasteiger charge is -2.10. The lowest BCUT2D eigenvalue weighted by atomic mass is 10.1. The van der Waals surface area contributed by atoms with Crippen molar-refractivity contribution in [1.29, 1.82) is 0 Å². The Hall–Kier alpha value is -1.64. The number of sulfonamides is 1. The van der Waals surface area contributed by atoms with Gasteiger partial charge in [-0.2, -0.15) is 0 Å². The zero-order chi connectivity index (χ0) is 16.5. The fourth-order valence-electron chi connectivity index (χ4n) is 2.40. The van der Waals surface area contributed by atoms with Gasteiger partial charge in [-0.25, -0.2) is 13.1 Å². The predicted octanol–water partition coefficient (Wildman–Crippen LogP) is 1.90. The average molecular weight is 328 g/mol. The molecule has 0 amide bonds. The molecule has 0 fully saturated rings. The Kier molecular flexibility index (Phi) is 4.74. The van der Waals surface area contributed by atoms with Crippen LogP contribution in [-0.4, -0.2) is 25.2 Å². The molecule has 0 spiro atoms. The van der Waals surface area contributed by atoms with Gasteiger partial charge in [-0.3, -0.25) is 0 Å². The molecule has 22 heavy (non-hydrogen) atoms. The molecule has 0 radical (unpaired) electrons. The predicted molar refractivity (Wildman–Crippen MR) is 78.9 cm³/mol. The van der Waals surface area contributed by atoms with Crippen molar-refractivity contribution >= 4 is 10.0 Å². The van der Waals surface area contributed by atoms with Crippen LogP contribution in [0.4, 0.5) is 0 Å². The number of furan rings is 1. The Morgan fingerprint density at radius 1 is 1.27 bits per heavy atom. The summed E-state index contributed by atoms with van der Waals surface area (Å²) >= 11 is 0. The lowest BCUT2D eigenvalue weighted by Crippen LogP contribution is -2.26. The Balaban J connectivity index is 2.00. The number of nitrogens with one attached hydrogen (secondary N) is 1. The van der Waals surface area contributed by atoms with E-state index in [2.05, 4.69) is 9.88 Å². The smallest absolute Gasteiger partial charge is 0.245 e. The van der Waals surface area contributed by atoms with Gasteiger partial charge in [0.15, 0.2) is 5.76 Å². The second-order valence-electron chi connectivity index (χ2n) is 5.22. The van der Waals surface area contributed by atoms with Gasteiger partial charge in [-0.05, 0) is 40.2 Å². The summed E-state index contributed by atoms with van der Waals surface area (Å²) in [6, 6.07) is 1.75. The zero-order valence-corrected chi connectivity index (χ0v) is 13.8. The SMILES string of the molecule is Cc1cc(C(O)CCNS(=O)(=O)c2c(C)noc2C)c(C)o1. The minimum atomic E-state index is -3.70. The van der Waals surface area contributed by atoms with Crippen LogP contribution in [0.2, 0.25) is 0 Å². The number of nitrogens with zero attached hydrogens (tertiary/aromatic N) is 1. The molecule has 0 saturated carbocycles. The van der Waals surface area contributed by atoms with Crippen molar-refractivity contribution in [2.45, 2.75) is 45.1 Å². The molecule has 2 N–H and O–H groups in total. The van der Waals surface area contributed by atoms with Crippen molar-refractivity contribution in [3.05, 3.63) is 34.6 Å².